The minimum atomic E-state index is -1.69. The number of amides is 2. The van der Waals surface area contributed by atoms with Gasteiger partial charge in [0.2, 0.25) is 11.8 Å². The van der Waals surface area contributed by atoms with E-state index in [9.17, 15) is 22.8 Å². The second kappa shape index (κ2) is 10.2. The van der Waals surface area contributed by atoms with Crippen molar-refractivity contribution in [2.75, 3.05) is 11.9 Å². The van der Waals surface area contributed by atoms with Crippen molar-refractivity contribution in [1.82, 2.24) is 15.1 Å². The summed E-state index contributed by atoms with van der Waals surface area (Å²) in [5.41, 5.74) is 4.16. The molecule has 1 heterocycles. The zero-order chi connectivity index (χ0) is 24.1. The van der Waals surface area contributed by atoms with Gasteiger partial charge in [-0.2, -0.15) is 5.10 Å². The molecule has 9 heteroatoms. The van der Waals surface area contributed by atoms with Crippen LogP contribution in [0.2, 0.25) is 0 Å². The first-order valence-electron chi connectivity index (χ1n) is 10.1. The van der Waals surface area contributed by atoms with Crippen LogP contribution < -0.4 is 10.6 Å². The van der Waals surface area contributed by atoms with E-state index in [-0.39, 0.29) is 0 Å². The molecule has 172 valence electrons. The number of nitrogens with zero attached hydrogens (tertiary/aromatic N) is 2. The average Bonchev–Trinajstić information content (AvgIpc) is 3.05. The van der Waals surface area contributed by atoms with E-state index in [4.69, 9.17) is 0 Å². The second-order valence-electron chi connectivity index (χ2n) is 7.55. The summed E-state index contributed by atoms with van der Waals surface area (Å²) in [6.45, 7) is 5.86. The predicted octanol–water partition coefficient (Wildman–Crippen LogP) is 4.04. The lowest BCUT2D eigenvalue weighted by Gasteiger charge is -2.07. The number of aromatic nitrogens is 2. The third kappa shape index (κ3) is 5.88. The van der Waals surface area contributed by atoms with Gasteiger partial charge in [0.25, 0.3) is 0 Å². The quantitative estimate of drug-likeness (QED) is 0.416. The molecule has 0 saturated carbocycles. The summed E-state index contributed by atoms with van der Waals surface area (Å²) in [7, 11) is 0. The Morgan fingerprint density at radius 3 is 2.39 bits per heavy atom. The SMILES string of the molecule is Cc1ccc(Cn2nc(C)c(/C=C/C(=O)NCC(=O)Nc3ccc(F)c(F)c3F)c2C)cc1. The lowest BCUT2D eigenvalue weighted by molar-refractivity contribution is -0.121. The highest BCUT2D eigenvalue weighted by molar-refractivity contribution is 5.98. The van der Waals surface area contributed by atoms with Gasteiger partial charge in [0.15, 0.2) is 17.5 Å². The summed E-state index contributed by atoms with van der Waals surface area (Å²) in [5, 5.41) is 8.96. The molecule has 3 aromatic rings. The summed E-state index contributed by atoms with van der Waals surface area (Å²) >= 11 is 0. The number of nitrogens with one attached hydrogen (secondary N) is 2. The van der Waals surface area contributed by atoms with Crippen molar-refractivity contribution in [3.63, 3.8) is 0 Å². The summed E-state index contributed by atoms with van der Waals surface area (Å²) in [5.74, 6) is -5.91. The first-order chi connectivity index (χ1) is 15.7. The van der Waals surface area contributed by atoms with Crippen LogP contribution in [0.3, 0.4) is 0 Å². The lowest BCUT2D eigenvalue weighted by atomic mass is 10.1. The van der Waals surface area contributed by atoms with E-state index < -0.39 is 41.5 Å². The predicted molar refractivity (Wildman–Crippen MR) is 119 cm³/mol. The van der Waals surface area contributed by atoms with Gasteiger partial charge in [0.05, 0.1) is 24.5 Å². The van der Waals surface area contributed by atoms with Crippen LogP contribution in [0.5, 0.6) is 0 Å². The Labute approximate surface area is 189 Å². The highest BCUT2D eigenvalue weighted by Crippen LogP contribution is 2.19. The molecule has 0 saturated heterocycles. The Balaban J connectivity index is 1.58. The first kappa shape index (κ1) is 23.8. The number of carbonyl (C=O) groups is 2. The number of hydrogen-bond donors (Lipinski definition) is 2. The van der Waals surface area contributed by atoms with Gasteiger partial charge in [-0.25, -0.2) is 13.2 Å². The molecule has 0 unspecified atom stereocenters. The van der Waals surface area contributed by atoms with E-state index in [2.05, 4.69) is 15.7 Å². The lowest BCUT2D eigenvalue weighted by Crippen LogP contribution is -2.32. The number of aryl methyl sites for hydroxylation is 2. The van der Waals surface area contributed by atoms with Crippen molar-refractivity contribution >= 4 is 23.6 Å². The van der Waals surface area contributed by atoms with Gasteiger partial charge in [-0.3, -0.25) is 14.3 Å². The molecule has 2 amide bonds. The fraction of sp³-hybridized carbons (Fsp3) is 0.208. The largest absolute Gasteiger partial charge is 0.343 e. The standard InChI is InChI=1S/C24H23F3N4O2/c1-14-4-6-17(7-5-14)13-31-16(3)18(15(2)30-31)8-11-21(32)28-12-22(33)29-20-10-9-19(25)23(26)24(20)27/h4-11H,12-13H2,1-3H3,(H,28,32)(H,29,33)/b11-8+. The van der Waals surface area contributed by atoms with Crippen molar-refractivity contribution in [3.8, 4) is 0 Å². The van der Waals surface area contributed by atoms with Crippen LogP contribution in [-0.2, 0) is 16.1 Å². The van der Waals surface area contributed by atoms with Crippen LogP contribution in [0.4, 0.5) is 18.9 Å². The Morgan fingerprint density at radius 2 is 1.70 bits per heavy atom. The van der Waals surface area contributed by atoms with Crippen molar-refractivity contribution in [2.24, 2.45) is 0 Å². The maximum atomic E-state index is 13.6. The molecule has 0 aliphatic rings. The van der Waals surface area contributed by atoms with Crippen molar-refractivity contribution in [1.29, 1.82) is 0 Å². The monoisotopic (exact) mass is 456 g/mol. The fourth-order valence-electron chi connectivity index (χ4n) is 3.17. The van der Waals surface area contributed by atoms with Crippen LogP contribution in [0.15, 0.2) is 42.5 Å². The molecule has 0 fully saturated rings. The van der Waals surface area contributed by atoms with Gasteiger partial charge >= 0.3 is 0 Å². The third-order valence-corrected chi connectivity index (χ3v) is 5.02. The molecule has 0 aliphatic heterocycles. The summed E-state index contributed by atoms with van der Waals surface area (Å²) in [4.78, 5) is 24.0. The van der Waals surface area contributed by atoms with Crippen LogP contribution in [0, 0.1) is 38.2 Å². The second-order valence-corrected chi connectivity index (χ2v) is 7.55. The Bertz CT molecular complexity index is 1220. The number of carbonyl (C=O) groups excluding carboxylic acids is 2. The van der Waals surface area contributed by atoms with Gasteiger partial charge in [-0.15, -0.1) is 0 Å². The zero-order valence-corrected chi connectivity index (χ0v) is 18.4. The average molecular weight is 456 g/mol. The summed E-state index contributed by atoms with van der Waals surface area (Å²) in [6, 6.07) is 9.72. The molecule has 2 aromatic carbocycles. The molecule has 0 atom stereocenters. The topological polar surface area (TPSA) is 76.0 Å². The maximum Gasteiger partial charge on any atom is 0.244 e. The highest BCUT2D eigenvalue weighted by atomic mass is 19.2. The van der Waals surface area contributed by atoms with E-state index in [1.807, 2.05) is 49.7 Å². The Hall–Kier alpha value is -3.88. The molecule has 0 aliphatic carbocycles. The van der Waals surface area contributed by atoms with E-state index in [1.165, 1.54) is 11.6 Å². The molecule has 33 heavy (non-hydrogen) atoms. The molecule has 6 nitrogen and oxygen atoms in total. The van der Waals surface area contributed by atoms with Crippen molar-refractivity contribution in [3.05, 3.63) is 88.0 Å². The number of rotatable bonds is 7. The van der Waals surface area contributed by atoms with Crippen LogP contribution in [0.25, 0.3) is 6.08 Å². The number of halogens is 3. The van der Waals surface area contributed by atoms with Crippen molar-refractivity contribution in [2.45, 2.75) is 27.3 Å². The Kier molecular flexibility index (Phi) is 7.32. The Morgan fingerprint density at radius 1 is 1.00 bits per heavy atom. The molecule has 0 bridgehead atoms. The molecule has 3 rings (SSSR count). The van der Waals surface area contributed by atoms with Gasteiger partial charge in [0.1, 0.15) is 0 Å². The van der Waals surface area contributed by atoms with Gasteiger partial charge < -0.3 is 10.6 Å². The molecular formula is C24H23F3N4O2. The third-order valence-electron chi connectivity index (χ3n) is 5.02. The van der Waals surface area contributed by atoms with Crippen LogP contribution in [0.1, 0.15) is 28.1 Å². The fourth-order valence-corrected chi connectivity index (χ4v) is 3.17. The van der Waals surface area contributed by atoms with Gasteiger partial charge in [-0.1, -0.05) is 29.8 Å². The van der Waals surface area contributed by atoms with Crippen LogP contribution >= 0.6 is 0 Å². The number of benzene rings is 2. The van der Waals surface area contributed by atoms with E-state index >= 15 is 0 Å². The molecule has 0 radical (unpaired) electrons. The normalized spacial score (nSPS) is 11.1. The summed E-state index contributed by atoms with van der Waals surface area (Å²) < 4.78 is 41.7. The molecule has 2 N–H and O–H groups in total. The van der Waals surface area contributed by atoms with E-state index in [0.717, 1.165) is 28.6 Å². The smallest absolute Gasteiger partial charge is 0.244 e. The van der Waals surface area contributed by atoms with Crippen LogP contribution in [-0.4, -0.2) is 28.1 Å². The number of hydrogen-bond acceptors (Lipinski definition) is 3. The van der Waals surface area contributed by atoms with Crippen molar-refractivity contribution < 1.29 is 22.8 Å². The van der Waals surface area contributed by atoms with Gasteiger partial charge in [-0.05, 0) is 44.5 Å². The van der Waals surface area contributed by atoms with E-state index in [1.54, 1.807) is 6.08 Å². The number of anilines is 1. The first-order valence-corrected chi connectivity index (χ1v) is 10.1. The maximum absolute atomic E-state index is 13.6. The summed E-state index contributed by atoms with van der Waals surface area (Å²) in [6.07, 6.45) is 2.87. The minimum absolute atomic E-state index is 0.480. The van der Waals surface area contributed by atoms with Gasteiger partial charge in [0, 0.05) is 17.3 Å². The zero-order valence-electron chi connectivity index (χ0n) is 18.4. The molecular weight excluding hydrogens is 433 g/mol. The minimum Gasteiger partial charge on any atom is -0.343 e. The van der Waals surface area contributed by atoms with E-state index in [0.29, 0.717) is 12.6 Å². The highest BCUT2D eigenvalue weighted by Gasteiger charge is 2.15. The molecule has 1 aromatic heterocycles. The molecule has 0 spiro atoms.